The molecule has 0 amide bonds. The molecule has 2 aromatic rings. The summed E-state index contributed by atoms with van der Waals surface area (Å²) in [5.41, 5.74) is 1.89. The van der Waals surface area contributed by atoms with Gasteiger partial charge in [-0.1, -0.05) is 0 Å². The van der Waals surface area contributed by atoms with Gasteiger partial charge in [0.2, 0.25) is 0 Å². The minimum Gasteiger partial charge on any atom is -0.503 e. The highest BCUT2D eigenvalue weighted by atomic mass is 79.9. The van der Waals surface area contributed by atoms with Crippen LogP contribution in [0.4, 0.5) is 5.69 Å². The van der Waals surface area contributed by atoms with E-state index in [1.165, 1.54) is 7.11 Å². The maximum Gasteiger partial charge on any atom is 0.172 e. The summed E-state index contributed by atoms with van der Waals surface area (Å²) in [4.78, 5) is 4.14. The van der Waals surface area contributed by atoms with Gasteiger partial charge < -0.3 is 15.2 Å². The number of aromatic hydroxyl groups is 1. The topological polar surface area (TPSA) is 54.4 Å². The average Bonchev–Trinajstić information content (AvgIpc) is 2.41. The summed E-state index contributed by atoms with van der Waals surface area (Å²) >= 11 is 6.68. The van der Waals surface area contributed by atoms with Crippen molar-refractivity contribution in [2.45, 2.75) is 6.54 Å². The van der Waals surface area contributed by atoms with Crippen LogP contribution in [0.1, 0.15) is 5.56 Å². The van der Waals surface area contributed by atoms with Crippen LogP contribution < -0.4 is 10.1 Å². The fraction of sp³-hybridized carbons (Fsp3) is 0.154. The van der Waals surface area contributed by atoms with Crippen LogP contribution in [0.25, 0.3) is 0 Å². The molecule has 2 N–H and O–H groups in total. The first-order valence-corrected chi connectivity index (χ1v) is 7.10. The zero-order chi connectivity index (χ0) is 13.8. The number of hydrogen-bond acceptors (Lipinski definition) is 4. The lowest BCUT2D eigenvalue weighted by Crippen LogP contribution is -2.01. The van der Waals surface area contributed by atoms with Crippen molar-refractivity contribution in [2.75, 3.05) is 12.4 Å². The lowest BCUT2D eigenvalue weighted by Gasteiger charge is -2.11. The highest BCUT2D eigenvalue weighted by molar-refractivity contribution is 9.10. The van der Waals surface area contributed by atoms with Gasteiger partial charge in [0.05, 0.1) is 17.3 Å². The van der Waals surface area contributed by atoms with Gasteiger partial charge in [-0.3, -0.25) is 0 Å². The molecule has 0 unspecified atom stereocenters. The number of phenols is 1. The van der Waals surface area contributed by atoms with E-state index in [0.29, 0.717) is 16.8 Å². The van der Waals surface area contributed by atoms with Gasteiger partial charge in [0.25, 0.3) is 0 Å². The van der Waals surface area contributed by atoms with Crippen LogP contribution in [0.3, 0.4) is 0 Å². The van der Waals surface area contributed by atoms with E-state index in [9.17, 15) is 5.11 Å². The molecule has 100 valence electrons. The number of benzene rings is 1. The van der Waals surface area contributed by atoms with Crippen molar-refractivity contribution in [3.05, 3.63) is 45.1 Å². The van der Waals surface area contributed by atoms with Gasteiger partial charge in [0.1, 0.15) is 4.60 Å². The minimum absolute atomic E-state index is 0.105. The third kappa shape index (κ3) is 3.39. The minimum atomic E-state index is 0.105. The molecule has 19 heavy (non-hydrogen) atoms. The SMILES string of the molecule is COc1cc(CNc2cccnc2Br)cc(Br)c1O. The summed E-state index contributed by atoms with van der Waals surface area (Å²) in [6.07, 6.45) is 1.72. The van der Waals surface area contributed by atoms with E-state index in [4.69, 9.17) is 4.74 Å². The van der Waals surface area contributed by atoms with E-state index in [1.54, 1.807) is 12.3 Å². The summed E-state index contributed by atoms with van der Waals surface area (Å²) in [7, 11) is 1.52. The molecule has 0 saturated carbocycles. The Balaban J connectivity index is 2.16. The van der Waals surface area contributed by atoms with E-state index < -0.39 is 0 Å². The molecule has 4 nitrogen and oxygen atoms in total. The predicted octanol–water partition coefficient (Wildman–Crippen LogP) is 3.93. The molecule has 1 aromatic carbocycles. The molecule has 0 atom stereocenters. The second-order valence-corrected chi connectivity index (χ2v) is 5.43. The number of nitrogens with one attached hydrogen (secondary N) is 1. The highest BCUT2D eigenvalue weighted by Gasteiger charge is 2.08. The van der Waals surface area contributed by atoms with Crippen molar-refractivity contribution in [3.8, 4) is 11.5 Å². The standard InChI is InChI=1S/C13H12Br2N2O2/c1-19-11-6-8(5-9(14)12(11)18)7-17-10-3-2-4-16-13(10)15/h2-6,17-18H,7H2,1H3. The molecular formula is C13H12Br2N2O2. The van der Waals surface area contributed by atoms with Crippen molar-refractivity contribution in [3.63, 3.8) is 0 Å². The maximum absolute atomic E-state index is 9.74. The summed E-state index contributed by atoms with van der Waals surface area (Å²) in [5, 5.41) is 13.0. The summed E-state index contributed by atoms with van der Waals surface area (Å²) in [6.45, 7) is 0.597. The van der Waals surface area contributed by atoms with Gasteiger partial charge in [0, 0.05) is 12.7 Å². The number of methoxy groups -OCH3 is 1. The molecule has 0 fully saturated rings. The Bertz CT molecular complexity index is 591. The summed E-state index contributed by atoms with van der Waals surface area (Å²) in [5.74, 6) is 0.547. The molecule has 0 saturated heterocycles. The predicted molar refractivity (Wildman–Crippen MR) is 81.6 cm³/mol. The van der Waals surface area contributed by atoms with Crippen LogP contribution in [-0.2, 0) is 6.54 Å². The molecule has 0 bridgehead atoms. The van der Waals surface area contributed by atoms with E-state index in [1.807, 2.05) is 18.2 Å². The molecule has 0 aliphatic carbocycles. The van der Waals surface area contributed by atoms with Crippen molar-refractivity contribution < 1.29 is 9.84 Å². The molecule has 6 heteroatoms. The Morgan fingerprint density at radius 3 is 2.84 bits per heavy atom. The number of halogens is 2. The molecule has 0 spiro atoms. The molecular weight excluding hydrogens is 376 g/mol. The van der Waals surface area contributed by atoms with Crippen LogP contribution in [0, 0.1) is 0 Å². The fourth-order valence-electron chi connectivity index (χ4n) is 1.60. The first-order valence-electron chi connectivity index (χ1n) is 5.51. The number of pyridine rings is 1. The van der Waals surface area contributed by atoms with Crippen LogP contribution in [0.2, 0.25) is 0 Å². The monoisotopic (exact) mass is 386 g/mol. The summed E-state index contributed by atoms with van der Waals surface area (Å²) < 4.78 is 6.48. The number of hydrogen-bond donors (Lipinski definition) is 2. The van der Waals surface area contributed by atoms with E-state index in [0.717, 1.165) is 15.9 Å². The average molecular weight is 388 g/mol. The first kappa shape index (κ1) is 14.1. The summed E-state index contributed by atoms with van der Waals surface area (Å²) in [6, 6.07) is 7.43. The Morgan fingerprint density at radius 1 is 1.37 bits per heavy atom. The normalized spacial score (nSPS) is 10.3. The van der Waals surface area contributed by atoms with E-state index in [-0.39, 0.29) is 5.75 Å². The molecule has 0 aliphatic heterocycles. The second-order valence-electron chi connectivity index (χ2n) is 3.82. The maximum atomic E-state index is 9.74. The molecule has 1 aromatic heterocycles. The lowest BCUT2D eigenvalue weighted by molar-refractivity contribution is 0.371. The zero-order valence-electron chi connectivity index (χ0n) is 10.2. The van der Waals surface area contributed by atoms with Crippen LogP contribution >= 0.6 is 31.9 Å². The number of aromatic nitrogens is 1. The smallest absolute Gasteiger partial charge is 0.172 e. The van der Waals surface area contributed by atoms with Gasteiger partial charge >= 0.3 is 0 Å². The van der Waals surface area contributed by atoms with Crippen molar-refractivity contribution in [1.29, 1.82) is 0 Å². The van der Waals surface area contributed by atoms with Gasteiger partial charge in [-0.2, -0.15) is 0 Å². The van der Waals surface area contributed by atoms with Crippen molar-refractivity contribution in [1.82, 2.24) is 4.98 Å². The Hall–Kier alpha value is -1.27. The Morgan fingerprint density at radius 2 is 2.16 bits per heavy atom. The second kappa shape index (κ2) is 6.25. The van der Waals surface area contributed by atoms with Gasteiger partial charge in [-0.15, -0.1) is 0 Å². The Labute approximate surface area is 128 Å². The molecule has 0 radical (unpaired) electrons. The van der Waals surface area contributed by atoms with E-state index in [2.05, 4.69) is 42.2 Å². The largest absolute Gasteiger partial charge is 0.503 e. The number of anilines is 1. The third-order valence-corrected chi connectivity index (χ3v) is 3.79. The molecule has 0 aliphatic rings. The quantitative estimate of drug-likeness (QED) is 0.780. The van der Waals surface area contributed by atoms with Gasteiger partial charge in [-0.05, 0) is 61.7 Å². The van der Waals surface area contributed by atoms with Gasteiger partial charge in [-0.25, -0.2) is 4.98 Å². The first-order chi connectivity index (χ1) is 9.11. The van der Waals surface area contributed by atoms with E-state index >= 15 is 0 Å². The zero-order valence-corrected chi connectivity index (χ0v) is 13.3. The highest BCUT2D eigenvalue weighted by Crippen LogP contribution is 2.35. The Kier molecular flexibility index (Phi) is 4.66. The van der Waals surface area contributed by atoms with Crippen molar-refractivity contribution in [2.24, 2.45) is 0 Å². The molecule has 2 rings (SSSR count). The van der Waals surface area contributed by atoms with Crippen LogP contribution in [-0.4, -0.2) is 17.2 Å². The number of nitrogens with zero attached hydrogens (tertiary/aromatic N) is 1. The third-order valence-electron chi connectivity index (χ3n) is 2.55. The fourth-order valence-corrected chi connectivity index (χ4v) is 2.48. The lowest BCUT2D eigenvalue weighted by atomic mass is 10.2. The molecule has 1 heterocycles. The number of ether oxygens (including phenoxy) is 1. The number of phenolic OH excluding ortho intramolecular Hbond substituents is 1. The van der Waals surface area contributed by atoms with Crippen molar-refractivity contribution >= 4 is 37.5 Å². The number of rotatable bonds is 4. The van der Waals surface area contributed by atoms with Gasteiger partial charge in [0.15, 0.2) is 11.5 Å². The van der Waals surface area contributed by atoms with Crippen LogP contribution in [0.15, 0.2) is 39.5 Å². The van der Waals surface area contributed by atoms with Crippen LogP contribution in [0.5, 0.6) is 11.5 Å².